The van der Waals surface area contributed by atoms with Crippen molar-refractivity contribution in [2.45, 2.75) is 20.3 Å². The number of benzene rings is 1. The van der Waals surface area contributed by atoms with E-state index in [9.17, 15) is 4.79 Å². The van der Waals surface area contributed by atoms with E-state index in [-0.39, 0.29) is 17.9 Å². The largest absolute Gasteiger partial charge is 0.496 e. The summed E-state index contributed by atoms with van der Waals surface area (Å²) in [4.78, 5) is 11.8. The first kappa shape index (κ1) is 16.2. The number of para-hydroxylation sites is 1. The van der Waals surface area contributed by atoms with E-state index in [1.165, 1.54) is 6.08 Å². The summed E-state index contributed by atoms with van der Waals surface area (Å²) in [6, 6.07) is 7.51. The molecule has 0 spiro atoms. The van der Waals surface area contributed by atoms with Gasteiger partial charge in [0.1, 0.15) is 5.75 Å². The standard InChI is InChI=1S/C16H23NO3/c1-16(2,10-11-18)12-17-15(19)9-8-13-6-4-5-7-14(13)20-3/h4-9,18H,10-12H2,1-3H3,(H,17,19)/b9-8+. The zero-order chi connectivity index (χ0) is 15.0. The molecule has 1 amide bonds. The van der Waals surface area contributed by atoms with Crippen LogP contribution < -0.4 is 10.1 Å². The number of nitrogens with one attached hydrogen (secondary N) is 1. The Morgan fingerprint density at radius 1 is 1.40 bits per heavy atom. The lowest BCUT2D eigenvalue weighted by Gasteiger charge is -2.23. The number of methoxy groups -OCH3 is 1. The van der Waals surface area contributed by atoms with Gasteiger partial charge < -0.3 is 15.2 Å². The molecule has 0 aliphatic rings. The molecule has 20 heavy (non-hydrogen) atoms. The van der Waals surface area contributed by atoms with Crippen molar-refractivity contribution >= 4 is 12.0 Å². The molecular weight excluding hydrogens is 254 g/mol. The first-order valence-corrected chi connectivity index (χ1v) is 6.68. The number of hydrogen-bond acceptors (Lipinski definition) is 3. The first-order valence-electron chi connectivity index (χ1n) is 6.68. The van der Waals surface area contributed by atoms with Crippen LogP contribution in [-0.2, 0) is 4.79 Å². The molecule has 4 nitrogen and oxygen atoms in total. The number of ether oxygens (including phenoxy) is 1. The van der Waals surface area contributed by atoms with Gasteiger partial charge in [-0.25, -0.2) is 0 Å². The Kier molecular flexibility index (Phi) is 6.25. The van der Waals surface area contributed by atoms with Crippen molar-refractivity contribution in [2.75, 3.05) is 20.3 Å². The minimum atomic E-state index is -0.151. The molecule has 0 aliphatic carbocycles. The van der Waals surface area contributed by atoms with Crippen molar-refractivity contribution < 1.29 is 14.6 Å². The van der Waals surface area contributed by atoms with E-state index in [1.54, 1.807) is 13.2 Å². The fourth-order valence-electron chi connectivity index (χ4n) is 1.75. The summed E-state index contributed by atoms with van der Waals surface area (Å²) in [7, 11) is 1.60. The second kappa shape index (κ2) is 7.70. The van der Waals surface area contributed by atoms with Gasteiger partial charge in [0.25, 0.3) is 0 Å². The molecule has 0 heterocycles. The number of aliphatic hydroxyl groups excluding tert-OH is 1. The van der Waals surface area contributed by atoms with E-state index >= 15 is 0 Å². The molecule has 110 valence electrons. The van der Waals surface area contributed by atoms with Crippen LogP contribution in [0.1, 0.15) is 25.8 Å². The lowest BCUT2D eigenvalue weighted by atomic mass is 9.90. The van der Waals surface area contributed by atoms with E-state index in [2.05, 4.69) is 5.32 Å². The molecule has 1 aromatic rings. The van der Waals surface area contributed by atoms with Crippen molar-refractivity contribution in [2.24, 2.45) is 5.41 Å². The van der Waals surface area contributed by atoms with Gasteiger partial charge in [0.05, 0.1) is 7.11 Å². The second-order valence-electron chi connectivity index (χ2n) is 5.43. The molecule has 0 saturated heterocycles. The molecule has 0 radical (unpaired) electrons. The van der Waals surface area contributed by atoms with E-state index in [1.807, 2.05) is 38.1 Å². The van der Waals surface area contributed by atoms with Gasteiger partial charge >= 0.3 is 0 Å². The predicted molar refractivity (Wildman–Crippen MR) is 80.5 cm³/mol. The molecule has 0 aromatic heterocycles. The SMILES string of the molecule is COc1ccccc1/C=C/C(=O)NCC(C)(C)CCO. The first-order chi connectivity index (χ1) is 9.48. The van der Waals surface area contributed by atoms with Gasteiger partial charge in [-0.15, -0.1) is 0 Å². The average Bonchev–Trinajstić information content (AvgIpc) is 2.43. The van der Waals surface area contributed by atoms with Crippen molar-refractivity contribution in [3.8, 4) is 5.75 Å². The molecule has 4 heteroatoms. The summed E-state index contributed by atoms with van der Waals surface area (Å²) in [5, 5.41) is 11.8. The number of carbonyl (C=O) groups excluding carboxylic acids is 1. The molecule has 0 saturated carbocycles. The maximum Gasteiger partial charge on any atom is 0.244 e. The van der Waals surface area contributed by atoms with Crippen LogP contribution in [0, 0.1) is 5.41 Å². The lowest BCUT2D eigenvalue weighted by molar-refractivity contribution is -0.116. The van der Waals surface area contributed by atoms with Gasteiger partial charge in [-0.3, -0.25) is 4.79 Å². The Hall–Kier alpha value is -1.81. The minimum Gasteiger partial charge on any atom is -0.496 e. The Morgan fingerprint density at radius 2 is 2.10 bits per heavy atom. The van der Waals surface area contributed by atoms with Gasteiger partial charge in [0.15, 0.2) is 0 Å². The topological polar surface area (TPSA) is 58.6 Å². The summed E-state index contributed by atoms with van der Waals surface area (Å²) < 4.78 is 5.21. The smallest absolute Gasteiger partial charge is 0.244 e. The molecule has 1 aromatic carbocycles. The predicted octanol–water partition coefficient (Wildman–Crippen LogP) is 2.23. The van der Waals surface area contributed by atoms with Gasteiger partial charge in [-0.05, 0) is 24.0 Å². The second-order valence-corrected chi connectivity index (χ2v) is 5.43. The van der Waals surface area contributed by atoms with Crippen LogP contribution >= 0.6 is 0 Å². The molecule has 2 N–H and O–H groups in total. The average molecular weight is 277 g/mol. The molecule has 0 unspecified atom stereocenters. The van der Waals surface area contributed by atoms with E-state index in [4.69, 9.17) is 9.84 Å². The highest BCUT2D eigenvalue weighted by Crippen LogP contribution is 2.19. The number of hydrogen-bond donors (Lipinski definition) is 2. The molecule has 0 bridgehead atoms. The third kappa shape index (κ3) is 5.45. The zero-order valence-corrected chi connectivity index (χ0v) is 12.3. The highest BCUT2D eigenvalue weighted by molar-refractivity contribution is 5.92. The Bertz CT molecular complexity index is 467. The maximum atomic E-state index is 11.8. The van der Waals surface area contributed by atoms with Crippen LogP contribution in [0.3, 0.4) is 0 Å². The third-order valence-corrected chi connectivity index (χ3v) is 3.08. The lowest BCUT2D eigenvalue weighted by Crippen LogP contribution is -2.33. The van der Waals surface area contributed by atoms with Gasteiger partial charge in [-0.1, -0.05) is 32.0 Å². The molecule has 1 rings (SSSR count). The summed E-state index contributed by atoms with van der Waals surface area (Å²) in [6.07, 6.45) is 3.88. The fourth-order valence-corrected chi connectivity index (χ4v) is 1.75. The van der Waals surface area contributed by atoms with Gasteiger partial charge in [0.2, 0.25) is 5.91 Å². The van der Waals surface area contributed by atoms with E-state index in [0.717, 1.165) is 11.3 Å². The normalized spacial score (nSPS) is 11.6. The van der Waals surface area contributed by atoms with Crippen LogP contribution in [0.15, 0.2) is 30.3 Å². The minimum absolute atomic E-state index is 0.108. The van der Waals surface area contributed by atoms with Crippen LogP contribution in [0.5, 0.6) is 5.75 Å². The molecular formula is C16H23NO3. The summed E-state index contributed by atoms with van der Waals surface area (Å²) in [5.41, 5.74) is 0.752. The fraction of sp³-hybridized carbons (Fsp3) is 0.438. The van der Waals surface area contributed by atoms with E-state index in [0.29, 0.717) is 13.0 Å². The zero-order valence-electron chi connectivity index (χ0n) is 12.3. The summed E-state index contributed by atoms with van der Waals surface area (Å²) in [6.45, 7) is 4.67. The van der Waals surface area contributed by atoms with Crippen LogP contribution in [0.4, 0.5) is 0 Å². The van der Waals surface area contributed by atoms with Crippen molar-refractivity contribution in [1.29, 1.82) is 0 Å². The number of carbonyl (C=O) groups is 1. The number of amides is 1. The van der Waals surface area contributed by atoms with Crippen LogP contribution in [-0.4, -0.2) is 31.3 Å². The van der Waals surface area contributed by atoms with Crippen LogP contribution in [0.2, 0.25) is 0 Å². The van der Waals surface area contributed by atoms with Gasteiger partial charge in [0, 0.05) is 24.8 Å². The molecule has 0 atom stereocenters. The van der Waals surface area contributed by atoms with Crippen molar-refractivity contribution in [1.82, 2.24) is 5.32 Å². The van der Waals surface area contributed by atoms with Gasteiger partial charge in [-0.2, -0.15) is 0 Å². The Labute approximate surface area is 120 Å². The summed E-state index contributed by atoms with van der Waals surface area (Å²) in [5.74, 6) is 0.582. The third-order valence-electron chi connectivity index (χ3n) is 3.08. The number of aliphatic hydroxyl groups is 1. The Morgan fingerprint density at radius 3 is 2.75 bits per heavy atom. The number of rotatable bonds is 7. The highest BCUT2D eigenvalue weighted by atomic mass is 16.5. The van der Waals surface area contributed by atoms with Crippen molar-refractivity contribution in [3.05, 3.63) is 35.9 Å². The van der Waals surface area contributed by atoms with Crippen LogP contribution in [0.25, 0.3) is 6.08 Å². The maximum absolute atomic E-state index is 11.8. The Balaban J connectivity index is 2.56. The summed E-state index contributed by atoms with van der Waals surface area (Å²) >= 11 is 0. The van der Waals surface area contributed by atoms with Crippen molar-refractivity contribution in [3.63, 3.8) is 0 Å². The van der Waals surface area contributed by atoms with E-state index < -0.39 is 0 Å². The molecule has 0 aliphatic heterocycles. The quantitative estimate of drug-likeness (QED) is 0.751. The monoisotopic (exact) mass is 277 g/mol. The highest BCUT2D eigenvalue weighted by Gasteiger charge is 2.17. The molecule has 0 fully saturated rings.